The third-order valence-corrected chi connectivity index (χ3v) is 4.19. The molecule has 0 aliphatic heterocycles. The summed E-state index contributed by atoms with van der Waals surface area (Å²) in [6.45, 7) is 2.61. The largest absolute Gasteiger partial charge is 0.478 e. The zero-order valence-electron chi connectivity index (χ0n) is 11.7. The number of carboxylic acid groups (broad SMARTS) is 1. The maximum absolute atomic E-state index is 11.1. The van der Waals surface area contributed by atoms with Crippen LogP contribution in [0.5, 0.6) is 0 Å². The van der Waals surface area contributed by atoms with Crippen molar-refractivity contribution in [1.29, 1.82) is 0 Å². The SMILES string of the molecule is CC1CCC(CO)(NCc2ncncc2C(=O)O)CC1. The molecule has 6 heteroatoms. The van der Waals surface area contributed by atoms with E-state index in [2.05, 4.69) is 22.2 Å². The second-order valence-electron chi connectivity index (χ2n) is 5.66. The Labute approximate surface area is 118 Å². The average molecular weight is 279 g/mol. The maximum Gasteiger partial charge on any atom is 0.339 e. The summed E-state index contributed by atoms with van der Waals surface area (Å²) in [6.07, 6.45) is 6.60. The fourth-order valence-corrected chi connectivity index (χ4v) is 2.65. The highest BCUT2D eigenvalue weighted by molar-refractivity contribution is 5.88. The lowest BCUT2D eigenvalue weighted by atomic mass is 9.77. The van der Waals surface area contributed by atoms with Gasteiger partial charge in [0.1, 0.15) is 11.9 Å². The molecule has 0 saturated heterocycles. The summed E-state index contributed by atoms with van der Waals surface area (Å²) in [5.74, 6) is -0.345. The molecule has 1 aromatic rings. The van der Waals surface area contributed by atoms with Gasteiger partial charge in [-0.3, -0.25) is 0 Å². The Balaban J connectivity index is 2.05. The van der Waals surface area contributed by atoms with Gasteiger partial charge in [0.15, 0.2) is 0 Å². The minimum absolute atomic E-state index is 0.0627. The summed E-state index contributed by atoms with van der Waals surface area (Å²) in [6, 6.07) is 0. The van der Waals surface area contributed by atoms with E-state index in [4.69, 9.17) is 5.11 Å². The van der Waals surface area contributed by atoms with Crippen LogP contribution in [0.4, 0.5) is 0 Å². The van der Waals surface area contributed by atoms with Crippen molar-refractivity contribution in [3.05, 3.63) is 23.8 Å². The molecule has 0 bridgehead atoms. The molecule has 1 fully saturated rings. The van der Waals surface area contributed by atoms with Crippen LogP contribution in [0, 0.1) is 5.92 Å². The predicted molar refractivity (Wildman–Crippen MR) is 73.3 cm³/mol. The molecule has 110 valence electrons. The van der Waals surface area contributed by atoms with Crippen LogP contribution >= 0.6 is 0 Å². The first-order valence-corrected chi connectivity index (χ1v) is 6.94. The zero-order valence-corrected chi connectivity index (χ0v) is 11.7. The van der Waals surface area contributed by atoms with E-state index in [1.165, 1.54) is 12.5 Å². The molecule has 0 radical (unpaired) electrons. The Morgan fingerprint density at radius 2 is 2.20 bits per heavy atom. The topological polar surface area (TPSA) is 95.3 Å². The van der Waals surface area contributed by atoms with Crippen LogP contribution in [0.15, 0.2) is 12.5 Å². The summed E-state index contributed by atoms with van der Waals surface area (Å²) in [4.78, 5) is 18.9. The van der Waals surface area contributed by atoms with Crippen molar-refractivity contribution in [2.75, 3.05) is 6.61 Å². The van der Waals surface area contributed by atoms with Gasteiger partial charge in [-0.1, -0.05) is 6.92 Å². The lowest BCUT2D eigenvalue weighted by Crippen LogP contribution is -2.50. The summed E-state index contributed by atoms with van der Waals surface area (Å²) in [7, 11) is 0. The van der Waals surface area contributed by atoms with Gasteiger partial charge in [-0.2, -0.15) is 0 Å². The van der Waals surface area contributed by atoms with Gasteiger partial charge in [-0.05, 0) is 31.6 Å². The van der Waals surface area contributed by atoms with Crippen molar-refractivity contribution in [3.63, 3.8) is 0 Å². The molecule has 6 nitrogen and oxygen atoms in total. The third kappa shape index (κ3) is 3.32. The van der Waals surface area contributed by atoms with E-state index in [1.54, 1.807) is 0 Å². The van der Waals surface area contributed by atoms with Crippen LogP contribution in [-0.2, 0) is 6.54 Å². The van der Waals surface area contributed by atoms with Gasteiger partial charge in [-0.25, -0.2) is 14.8 Å². The zero-order chi connectivity index (χ0) is 14.6. The molecule has 0 spiro atoms. The van der Waals surface area contributed by atoms with Gasteiger partial charge in [0, 0.05) is 18.3 Å². The number of aromatic carboxylic acids is 1. The highest BCUT2D eigenvalue weighted by atomic mass is 16.4. The fourth-order valence-electron chi connectivity index (χ4n) is 2.65. The van der Waals surface area contributed by atoms with E-state index in [0.29, 0.717) is 18.2 Å². The number of hydrogen-bond donors (Lipinski definition) is 3. The Kier molecular flexibility index (Phi) is 4.67. The van der Waals surface area contributed by atoms with Gasteiger partial charge in [0.2, 0.25) is 0 Å². The second-order valence-corrected chi connectivity index (χ2v) is 5.66. The van der Waals surface area contributed by atoms with Gasteiger partial charge < -0.3 is 15.5 Å². The van der Waals surface area contributed by atoms with Crippen LogP contribution < -0.4 is 5.32 Å². The first-order chi connectivity index (χ1) is 9.56. The fraction of sp³-hybridized carbons (Fsp3) is 0.643. The molecule has 2 rings (SSSR count). The lowest BCUT2D eigenvalue weighted by molar-refractivity contribution is 0.0693. The van der Waals surface area contributed by atoms with Crippen LogP contribution in [0.3, 0.4) is 0 Å². The van der Waals surface area contributed by atoms with Crippen molar-refractivity contribution >= 4 is 5.97 Å². The Hall–Kier alpha value is -1.53. The van der Waals surface area contributed by atoms with Crippen LogP contribution in [0.2, 0.25) is 0 Å². The molecule has 0 atom stereocenters. The standard InChI is InChI=1S/C14H21N3O3/c1-10-2-4-14(8-18,5-3-10)17-7-12-11(13(19)20)6-15-9-16-12/h6,9-10,17-18H,2-5,7-8H2,1H3,(H,19,20). The quantitative estimate of drug-likeness (QED) is 0.749. The second kappa shape index (κ2) is 6.28. The minimum Gasteiger partial charge on any atom is -0.478 e. The molecule has 0 aromatic carbocycles. The van der Waals surface area contributed by atoms with Crippen molar-refractivity contribution in [3.8, 4) is 0 Å². The Morgan fingerprint density at radius 1 is 1.50 bits per heavy atom. The van der Waals surface area contributed by atoms with Crippen LogP contribution in [0.1, 0.15) is 48.7 Å². The number of nitrogens with zero attached hydrogens (tertiary/aromatic N) is 2. The summed E-state index contributed by atoms with van der Waals surface area (Å²) >= 11 is 0. The highest BCUT2D eigenvalue weighted by Crippen LogP contribution is 2.31. The number of hydrogen-bond acceptors (Lipinski definition) is 5. The van der Waals surface area contributed by atoms with E-state index >= 15 is 0 Å². The monoisotopic (exact) mass is 279 g/mol. The van der Waals surface area contributed by atoms with Crippen molar-refractivity contribution in [2.24, 2.45) is 5.92 Å². The Morgan fingerprint density at radius 3 is 2.80 bits per heavy atom. The summed E-state index contributed by atoms with van der Waals surface area (Å²) in [5.41, 5.74) is 0.254. The molecule has 1 aromatic heterocycles. The molecule has 1 saturated carbocycles. The van der Waals surface area contributed by atoms with Crippen LogP contribution in [-0.4, -0.2) is 38.3 Å². The van der Waals surface area contributed by atoms with Crippen molar-refractivity contribution < 1.29 is 15.0 Å². The van der Waals surface area contributed by atoms with Gasteiger partial charge in [0.05, 0.1) is 12.3 Å². The number of carbonyl (C=O) groups is 1. The van der Waals surface area contributed by atoms with E-state index in [-0.39, 0.29) is 17.7 Å². The number of aliphatic hydroxyl groups excluding tert-OH is 1. The summed E-state index contributed by atoms with van der Waals surface area (Å²) < 4.78 is 0. The molecule has 1 aliphatic rings. The molecule has 0 amide bonds. The molecular formula is C14H21N3O3. The van der Waals surface area contributed by atoms with E-state index in [9.17, 15) is 9.90 Å². The number of aliphatic hydroxyl groups is 1. The van der Waals surface area contributed by atoms with Gasteiger partial charge in [0.25, 0.3) is 0 Å². The number of aromatic nitrogens is 2. The molecule has 1 heterocycles. The van der Waals surface area contributed by atoms with Gasteiger partial charge >= 0.3 is 5.97 Å². The van der Waals surface area contributed by atoms with E-state index in [1.807, 2.05) is 0 Å². The third-order valence-electron chi connectivity index (χ3n) is 4.19. The summed E-state index contributed by atoms with van der Waals surface area (Å²) in [5, 5.41) is 22.1. The molecule has 0 unspecified atom stereocenters. The average Bonchev–Trinajstić information content (AvgIpc) is 2.47. The maximum atomic E-state index is 11.1. The molecule has 20 heavy (non-hydrogen) atoms. The number of carboxylic acids is 1. The minimum atomic E-state index is -1.03. The molecule has 1 aliphatic carbocycles. The normalized spacial score (nSPS) is 26.4. The van der Waals surface area contributed by atoms with E-state index < -0.39 is 5.97 Å². The van der Waals surface area contributed by atoms with E-state index in [0.717, 1.165) is 25.7 Å². The van der Waals surface area contributed by atoms with Gasteiger partial charge in [-0.15, -0.1) is 0 Å². The Bertz CT molecular complexity index is 470. The lowest BCUT2D eigenvalue weighted by Gasteiger charge is -2.39. The number of nitrogens with one attached hydrogen (secondary N) is 1. The van der Waals surface area contributed by atoms with Crippen molar-refractivity contribution in [1.82, 2.24) is 15.3 Å². The smallest absolute Gasteiger partial charge is 0.339 e. The first-order valence-electron chi connectivity index (χ1n) is 6.94. The molecule has 3 N–H and O–H groups in total. The van der Waals surface area contributed by atoms with Crippen LogP contribution in [0.25, 0.3) is 0 Å². The number of rotatable bonds is 5. The van der Waals surface area contributed by atoms with Crippen molar-refractivity contribution in [2.45, 2.75) is 44.7 Å². The highest BCUT2D eigenvalue weighted by Gasteiger charge is 2.33. The first kappa shape index (κ1) is 14.9. The molecular weight excluding hydrogens is 258 g/mol. The predicted octanol–water partition coefficient (Wildman–Crippen LogP) is 1.21.